The second-order valence-corrected chi connectivity index (χ2v) is 6.31. The van der Waals surface area contributed by atoms with Gasteiger partial charge in [-0.25, -0.2) is 9.48 Å². The van der Waals surface area contributed by atoms with Gasteiger partial charge in [0, 0.05) is 11.3 Å². The lowest BCUT2D eigenvalue weighted by Gasteiger charge is -2.17. The number of hydrogen-bond acceptors (Lipinski definition) is 4. The van der Waals surface area contributed by atoms with Crippen molar-refractivity contribution in [2.24, 2.45) is 0 Å². The fourth-order valence-corrected chi connectivity index (χ4v) is 3.02. The molecule has 8 heteroatoms. The van der Waals surface area contributed by atoms with Crippen LogP contribution in [0.3, 0.4) is 0 Å². The first-order chi connectivity index (χ1) is 12.4. The zero-order valence-corrected chi connectivity index (χ0v) is 14.9. The smallest absolute Gasteiger partial charge is 0.325 e. The van der Waals surface area contributed by atoms with Crippen molar-refractivity contribution >= 4 is 17.8 Å². The van der Waals surface area contributed by atoms with E-state index in [1.165, 1.54) is 0 Å². The molecule has 0 unspecified atom stereocenters. The van der Waals surface area contributed by atoms with E-state index in [1.807, 2.05) is 49.7 Å². The summed E-state index contributed by atoms with van der Waals surface area (Å²) >= 11 is 0. The van der Waals surface area contributed by atoms with Crippen LogP contribution in [0.5, 0.6) is 0 Å². The van der Waals surface area contributed by atoms with Crippen molar-refractivity contribution in [1.29, 1.82) is 0 Å². The van der Waals surface area contributed by atoms with Gasteiger partial charge in [0.25, 0.3) is 5.91 Å². The third kappa shape index (κ3) is 3.30. The lowest BCUT2D eigenvalue weighted by atomic mass is 10.1. The van der Waals surface area contributed by atoms with Crippen LogP contribution in [0.25, 0.3) is 5.69 Å². The van der Waals surface area contributed by atoms with E-state index in [0.29, 0.717) is 0 Å². The molecule has 0 radical (unpaired) electrons. The molecule has 1 aliphatic heterocycles. The largest absolute Gasteiger partial charge is 0.348 e. The van der Waals surface area contributed by atoms with Crippen molar-refractivity contribution in [2.75, 3.05) is 13.1 Å². The Kier molecular flexibility index (Phi) is 4.75. The van der Waals surface area contributed by atoms with Gasteiger partial charge in [0.05, 0.1) is 24.5 Å². The first kappa shape index (κ1) is 17.7. The molecule has 26 heavy (non-hydrogen) atoms. The molecule has 3 rings (SSSR count). The lowest BCUT2D eigenvalue weighted by Crippen LogP contribution is -2.41. The highest BCUT2D eigenvalue weighted by atomic mass is 16.2. The number of imide groups is 1. The zero-order valence-electron chi connectivity index (χ0n) is 14.9. The van der Waals surface area contributed by atoms with Gasteiger partial charge >= 0.3 is 6.03 Å². The summed E-state index contributed by atoms with van der Waals surface area (Å²) < 4.78 is 1.84. The minimum Gasteiger partial charge on any atom is -0.348 e. The number of carbonyl (C=O) groups excluding carboxylic acids is 3. The number of para-hydroxylation sites is 1. The van der Waals surface area contributed by atoms with Crippen molar-refractivity contribution in [3.63, 3.8) is 0 Å². The summed E-state index contributed by atoms with van der Waals surface area (Å²) in [7, 11) is 0. The molecular weight excluding hydrogens is 334 g/mol. The SMILES string of the molecule is Cc1ccccc1-n1ncc([C@H](C)NC(=O)CN2C(=O)CNC2=O)c1C. The van der Waals surface area contributed by atoms with Gasteiger partial charge in [0.2, 0.25) is 5.91 Å². The Morgan fingerprint density at radius 3 is 2.69 bits per heavy atom. The molecule has 2 aromatic rings. The third-order valence-corrected chi connectivity index (χ3v) is 4.47. The van der Waals surface area contributed by atoms with Gasteiger partial charge in [-0.3, -0.25) is 14.5 Å². The summed E-state index contributed by atoms with van der Waals surface area (Å²) in [5.41, 5.74) is 3.87. The lowest BCUT2D eigenvalue weighted by molar-refractivity contribution is -0.130. The standard InChI is InChI=1S/C18H21N5O3/c1-11-6-4-5-7-15(11)23-13(3)14(8-20-23)12(2)21-16(24)10-22-17(25)9-19-18(22)26/h4-8,12H,9-10H2,1-3H3,(H,19,26)(H,21,24)/t12-/m0/s1. The van der Waals surface area contributed by atoms with Gasteiger partial charge in [0.15, 0.2) is 0 Å². The topological polar surface area (TPSA) is 96.3 Å². The molecule has 0 saturated carbocycles. The molecule has 4 amide bonds. The fourth-order valence-electron chi connectivity index (χ4n) is 3.02. The first-order valence-corrected chi connectivity index (χ1v) is 8.36. The second-order valence-electron chi connectivity index (χ2n) is 6.31. The molecule has 1 aromatic carbocycles. The van der Waals surface area contributed by atoms with Crippen LogP contribution in [-0.4, -0.2) is 45.6 Å². The van der Waals surface area contributed by atoms with Crippen LogP contribution in [0.2, 0.25) is 0 Å². The van der Waals surface area contributed by atoms with E-state index in [1.54, 1.807) is 6.20 Å². The average molecular weight is 355 g/mol. The average Bonchev–Trinajstić information content (AvgIpc) is 3.12. The number of aryl methyl sites for hydroxylation is 1. The molecule has 0 bridgehead atoms. The quantitative estimate of drug-likeness (QED) is 0.788. The number of rotatable bonds is 5. The number of carbonyl (C=O) groups is 3. The van der Waals surface area contributed by atoms with E-state index < -0.39 is 17.8 Å². The monoisotopic (exact) mass is 355 g/mol. The molecule has 0 spiro atoms. The molecule has 1 atom stereocenters. The minimum atomic E-state index is -0.540. The summed E-state index contributed by atoms with van der Waals surface area (Å²) in [6.07, 6.45) is 1.72. The van der Waals surface area contributed by atoms with Crippen molar-refractivity contribution in [1.82, 2.24) is 25.3 Å². The molecule has 1 aliphatic rings. The maximum atomic E-state index is 12.2. The molecule has 8 nitrogen and oxygen atoms in total. The van der Waals surface area contributed by atoms with E-state index in [2.05, 4.69) is 15.7 Å². The number of hydrogen-bond donors (Lipinski definition) is 2. The van der Waals surface area contributed by atoms with Crippen LogP contribution in [0, 0.1) is 13.8 Å². The van der Waals surface area contributed by atoms with Crippen LogP contribution < -0.4 is 10.6 Å². The summed E-state index contributed by atoms with van der Waals surface area (Å²) in [6, 6.07) is 7.07. The minimum absolute atomic E-state index is 0.0655. The van der Waals surface area contributed by atoms with Crippen LogP contribution in [0.4, 0.5) is 4.79 Å². The van der Waals surface area contributed by atoms with Gasteiger partial charge in [-0.05, 0) is 32.4 Å². The van der Waals surface area contributed by atoms with E-state index in [-0.39, 0.29) is 19.1 Å². The van der Waals surface area contributed by atoms with Gasteiger partial charge in [-0.1, -0.05) is 18.2 Å². The summed E-state index contributed by atoms with van der Waals surface area (Å²) in [5, 5.41) is 9.65. The molecule has 1 aromatic heterocycles. The first-order valence-electron chi connectivity index (χ1n) is 8.36. The summed E-state index contributed by atoms with van der Waals surface area (Å²) in [6.45, 7) is 5.44. The molecule has 1 fully saturated rings. The fraction of sp³-hybridized carbons (Fsp3) is 0.333. The normalized spacial score (nSPS) is 15.1. The molecule has 2 N–H and O–H groups in total. The maximum absolute atomic E-state index is 12.2. The van der Waals surface area contributed by atoms with Crippen molar-refractivity contribution in [2.45, 2.75) is 26.8 Å². The van der Waals surface area contributed by atoms with Gasteiger partial charge < -0.3 is 10.6 Å². The summed E-state index contributed by atoms with van der Waals surface area (Å²) in [5.74, 6) is -0.799. The number of benzene rings is 1. The van der Waals surface area contributed by atoms with E-state index in [9.17, 15) is 14.4 Å². The van der Waals surface area contributed by atoms with Gasteiger partial charge in [0.1, 0.15) is 6.54 Å². The number of amides is 4. The second kappa shape index (κ2) is 6.99. The van der Waals surface area contributed by atoms with Crippen LogP contribution in [0.15, 0.2) is 30.5 Å². The van der Waals surface area contributed by atoms with E-state index in [4.69, 9.17) is 0 Å². The molecule has 2 heterocycles. The van der Waals surface area contributed by atoms with Crippen molar-refractivity contribution in [3.05, 3.63) is 47.3 Å². The number of nitrogens with one attached hydrogen (secondary N) is 2. The Labute approximate surface area is 151 Å². The predicted octanol–water partition coefficient (Wildman–Crippen LogP) is 1.22. The Bertz CT molecular complexity index is 857. The molecular formula is C18H21N5O3. The van der Waals surface area contributed by atoms with Crippen LogP contribution in [0.1, 0.15) is 29.8 Å². The van der Waals surface area contributed by atoms with Crippen molar-refractivity contribution < 1.29 is 14.4 Å². The Hall–Kier alpha value is -3.16. The predicted molar refractivity (Wildman–Crippen MR) is 94.7 cm³/mol. The highest BCUT2D eigenvalue weighted by Gasteiger charge is 2.30. The van der Waals surface area contributed by atoms with E-state index in [0.717, 1.165) is 27.4 Å². The van der Waals surface area contributed by atoms with Gasteiger partial charge in [-0.15, -0.1) is 0 Å². The number of nitrogens with zero attached hydrogens (tertiary/aromatic N) is 3. The Morgan fingerprint density at radius 1 is 1.31 bits per heavy atom. The van der Waals surface area contributed by atoms with E-state index >= 15 is 0 Å². The van der Waals surface area contributed by atoms with Crippen LogP contribution >= 0.6 is 0 Å². The Balaban J connectivity index is 1.72. The number of urea groups is 1. The van der Waals surface area contributed by atoms with Crippen molar-refractivity contribution in [3.8, 4) is 5.69 Å². The van der Waals surface area contributed by atoms with Crippen LogP contribution in [-0.2, 0) is 9.59 Å². The maximum Gasteiger partial charge on any atom is 0.325 e. The highest BCUT2D eigenvalue weighted by molar-refractivity contribution is 6.04. The Morgan fingerprint density at radius 2 is 2.04 bits per heavy atom. The molecule has 1 saturated heterocycles. The molecule has 136 valence electrons. The van der Waals surface area contributed by atoms with Gasteiger partial charge in [-0.2, -0.15) is 5.10 Å². The summed E-state index contributed by atoms with van der Waals surface area (Å²) in [4.78, 5) is 36.2. The number of aromatic nitrogens is 2. The molecule has 0 aliphatic carbocycles. The third-order valence-electron chi connectivity index (χ3n) is 4.47. The highest BCUT2D eigenvalue weighted by Crippen LogP contribution is 2.21. The zero-order chi connectivity index (χ0) is 18.8.